The summed E-state index contributed by atoms with van der Waals surface area (Å²) in [5, 5.41) is 5.86. The monoisotopic (exact) mass is 449 g/mol. The number of carbonyl (C=O) groups excluding carboxylic acids is 2. The Labute approximate surface area is 181 Å². The fraction of sp³-hybridized carbons (Fsp3) is 0.429. The number of anilines is 1. The highest BCUT2D eigenvalue weighted by atomic mass is 32.2. The van der Waals surface area contributed by atoms with Crippen molar-refractivity contribution < 1.29 is 18.0 Å². The van der Waals surface area contributed by atoms with Crippen molar-refractivity contribution >= 4 is 38.2 Å². The molecule has 0 bridgehead atoms. The molecule has 162 valence electrons. The Morgan fingerprint density at radius 2 is 1.80 bits per heavy atom. The number of carbonyl (C=O) groups is 2. The Kier molecular flexibility index (Phi) is 6.64. The van der Waals surface area contributed by atoms with Gasteiger partial charge in [-0.25, -0.2) is 8.42 Å². The lowest BCUT2D eigenvalue weighted by Crippen LogP contribution is -2.39. The van der Waals surface area contributed by atoms with Crippen molar-refractivity contribution in [1.82, 2.24) is 9.62 Å². The van der Waals surface area contributed by atoms with Crippen molar-refractivity contribution in [2.75, 3.05) is 25.5 Å². The maximum absolute atomic E-state index is 12.9. The van der Waals surface area contributed by atoms with Gasteiger partial charge < -0.3 is 10.6 Å². The second-order valence-corrected chi connectivity index (χ2v) is 10.8. The fourth-order valence-electron chi connectivity index (χ4n) is 3.58. The van der Waals surface area contributed by atoms with Gasteiger partial charge >= 0.3 is 0 Å². The van der Waals surface area contributed by atoms with E-state index < -0.39 is 15.9 Å². The zero-order valence-electron chi connectivity index (χ0n) is 17.6. The van der Waals surface area contributed by atoms with E-state index in [0.717, 1.165) is 23.3 Å². The molecule has 1 aliphatic heterocycles. The van der Waals surface area contributed by atoms with E-state index in [1.54, 1.807) is 7.05 Å². The zero-order valence-corrected chi connectivity index (χ0v) is 19.2. The Hall–Kier alpha value is -2.23. The van der Waals surface area contributed by atoms with Crippen molar-refractivity contribution in [3.05, 3.63) is 45.8 Å². The van der Waals surface area contributed by atoms with Gasteiger partial charge in [0.2, 0.25) is 10.0 Å². The molecule has 1 saturated heterocycles. The molecule has 30 heavy (non-hydrogen) atoms. The minimum absolute atomic E-state index is 0.182. The van der Waals surface area contributed by atoms with Gasteiger partial charge in [-0.3, -0.25) is 9.59 Å². The van der Waals surface area contributed by atoms with E-state index in [1.165, 1.54) is 39.9 Å². The van der Waals surface area contributed by atoms with Crippen LogP contribution < -0.4 is 10.6 Å². The predicted octanol–water partition coefficient (Wildman–Crippen LogP) is 3.40. The van der Waals surface area contributed by atoms with Crippen LogP contribution in [0.2, 0.25) is 0 Å². The van der Waals surface area contributed by atoms with Crippen molar-refractivity contribution in [3.8, 4) is 0 Å². The topological polar surface area (TPSA) is 95.6 Å². The Morgan fingerprint density at radius 1 is 1.13 bits per heavy atom. The molecule has 3 rings (SSSR count). The number of sulfonamides is 1. The van der Waals surface area contributed by atoms with Crippen molar-refractivity contribution in [2.45, 2.75) is 38.5 Å². The highest BCUT2D eigenvalue weighted by Crippen LogP contribution is 2.33. The van der Waals surface area contributed by atoms with Crippen LogP contribution in [0.25, 0.3) is 0 Å². The van der Waals surface area contributed by atoms with Crippen LogP contribution >= 0.6 is 11.3 Å². The minimum Gasteiger partial charge on any atom is -0.355 e. The minimum atomic E-state index is -3.57. The molecule has 7 nitrogen and oxygen atoms in total. The van der Waals surface area contributed by atoms with Gasteiger partial charge in [0.05, 0.1) is 10.5 Å². The lowest BCUT2D eigenvalue weighted by atomic mass is 10.0. The number of amides is 2. The van der Waals surface area contributed by atoms with Crippen LogP contribution in [0.5, 0.6) is 0 Å². The van der Waals surface area contributed by atoms with Gasteiger partial charge in [-0.1, -0.05) is 6.92 Å². The highest BCUT2D eigenvalue weighted by molar-refractivity contribution is 7.89. The molecule has 1 fully saturated rings. The Bertz CT molecular complexity index is 1060. The largest absolute Gasteiger partial charge is 0.355 e. The van der Waals surface area contributed by atoms with Crippen LogP contribution in [0.15, 0.2) is 29.2 Å². The summed E-state index contributed by atoms with van der Waals surface area (Å²) in [6.45, 7) is 6.82. The third-order valence-corrected chi connectivity index (χ3v) is 8.44. The standard InChI is InChI=1S/C21H27N3O4S2/c1-13-6-5-11-24(12-13)30(27,28)17-9-7-16(8-10-17)19(25)23-21-18(20(26)22-4)14(2)15(3)29-21/h7-10,13H,5-6,11-12H2,1-4H3,(H,22,26)(H,23,25). The summed E-state index contributed by atoms with van der Waals surface area (Å²) in [7, 11) is -2.02. The van der Waals surface area contributed by atoms with E-state index >= 15 is 0 Å². The van der Waals surface area contributed by atoms with E-state index in [9.17, 15) is 18.0 Å². The van der Waals surface area contributed by atoms with E-state index in [0.29, 0.717) is 35.1 Å². The first kappa shape index (κ1) is 22.5. The molecule has 0 aliphatic carbocycles. The fourth-order valence-corrected chi connectivity index (χ4v) is 6.23. The molecule has 0 spiro atoms. The molecule has 1 atom stereocenters. The molecular formula is C21H27N3O4S2. The number of hydrogen-bond acceptors (Lipinski definition) is 5. The maximum atomic E-state index is 12.9. The number of piperidine rings is 1. The molecule has 2 heterocycles. The van der Waals surface area contributed by atoms with Crippen molar-refractivity contribution in [1.29, 1.82) is 0 Å². The molecule has 2 amide bonds. The predicted molar refractivity (Wildman–Crippen MR) is 119 cm³/mol. The van der Waals surface area contributed by atoms with Crippen LogP contribution in [-0.2, 0) is 10.0 Å². The van der Waals surface area contributed by atoms with Crippen LogP contribution in [0.1, 0.15) is 50.9 Å². The molecule has 0 saturated carbocycles. The number of nitrogens with one attached hydrogen (secondary N) is 2. The summed E-state index contributed by atoms with van der Waals surface area (Å²) in [6.07, 6.45) is 1.89. The van der Waals surface area contributed by atoms with E-state index in [4.69, 9.17) is 0 Å². The average Bonchev–Trinajstić information content (AvgIpc) is 3.00. The van der Waals surface area contributed by atoms with E-state index in [2.05, 4.69) is 17.6 Å². The van der Waals surface area contributed by atoms with Crippen molar-refractivity contribution in [2.24, 2.45) is 5.92 Å². The van der Waals surface area contributed by atoms with Gasteiger partial charge in [0.15, 0.2) is 0 Å². The molecule has 1 aromatic carbocycles. The average molecular weight is 450 g/mol. The number of hydrogen-bond donors (Lipinski definition) is 2. The van der Waals surface area contributed by atoms with Crippen LogP contribution in [0.3, 0.4) is 0 Å². The second kappa shape index (κ2) is 8.87. The third kappa shape index (κ3) is 4.43. The van der Waals surface area contributed by atoms with Crippen LogP contribution in [0, 0.1) is 19.8 Å². The summed E-state index contributed by atoms with van der Waals surface area (Å²) in [4.78, 5) is 26.0. The molecule has 1 aliphatic rings. The molecule has 0 radical (unpaired) electrons. The first-order valence-corrected chi connectivity index (χ1v) is 12.1. The Balaban J connectivity index is 1.79. The van der Waals surface area contributed by atoms with Gasteiger partial charge in [-0.05, 0) is 62.4 Å². The SMILES string of the molecule is CNC(=O)c1c(NC(=O)c2ccc(S(=O)(=O)N3CCCC(C)C3)cc2)sc(C)c1C. The lowest BCUT2D eigenvalue weighted by molar-refractivity contribution is 0.0963. The molecular weight excluding hydrogens is 422 g/mol. The zero-order chi connectivity index (χ0) is 22.1. The Morgan fingerprint density at radius 3 is 2.40 bits per heavy atom. The molecule has 1 aromatic heterocycles. The van der Waals surface area contributed by atoms with Gasteiger partial charge in [0, 0.05) is 30.6 Å². The van der Waals surface area contributed by atoms with Crippen molar-refractivity contribution in [3.63, 3.8) is 0 Å². The number of aryl methyl sites for hydroxylation is 1. The molecule has 2 N–H and O–H groups in total. The van der Waals surface area contributed by atoms with Gasteiger partial charge in [0.25, 0.3) is 11.8 Å². The lowest BCUT2D eigenvalue weighted by Gasteiger charge is -2.30. The van der Waals surface area contributed by atoms with E-state index in [-0.39, 0.29) is 10.8 Å². The molecule has 2 aromatic rings. The first-order chi connectivity index (χ1) is 14.1. The number of thiophene rings is 1. The van der Waals surface area contributed by atoms with Crippen LogP contribution in [-0.4, -0.2) is 44.7 Å². The summed E-state index contributed by atoms with van der Waals surface area (Å²) < 4.78 is 27.3. The molecule has 1 unspecified atom stereocenters. The van der Waals surface area contributed by atoms with Crippen LogP contribution in [0.4, 0.5) is 5.00 Å². The number of rotatable bonds is 5. The number of benzene rings is 1. The summed E-state index contributed by atoms with van der Waals surface area (Å²) in [6, 6.07) is 5.94. The van der Waals surface area contributed by atoms with Gasteiger partial charge in [-0.15, -0.1) is 11.3 Å². The normalized spacial score (nSPS) is 17.5. The summed E-state index contributed by atoms with van der Waals surface area (Å²) in [5.41, 5.74) is 1.60. The highest BCUT2D eigenvalue weighted by Gasteiger charge is 2.29. The maximum Gasteiger partial charge on any atom is 0.256 e. The second-order valence-electron chi connectivity index (χ2n) is 7.66. The van der Waals surface area contributed by atoms with Gasteiger partial charge in [0.1, 0.15) is 5.00 Å². The van der Waals surface area contributed by atoms with E-state index in [1.807, 2.05) is 13.8 Å². The smallest absolute Gasteiger partial charge is 0.256 e. The first-order valence-electron chi connectivity index (χ1n) is 9.88. The quantitative estimate of drug-likeness (QED) is 0.731. The van der Waals surface area contributed by atoms with Gasteiger partial charge in [-0.2, -0.15) is 4.31 Å². The third-order valence-electron chi connectivity index (χ3n) is 5.44. The number of nitrogens with zero attached hydrogens (tertiary/aromatic N) is 1. The summed E-state index contributed by atoms with van der Waals surface area (Å²) in [5.74, 6) is -0.313. The summed E-state index contributed by atoms with van der Waals surface area (Å²) >= 11 is 1.34. The molecule has 9 heteroatoms.